The summed E-state index contributed by atoms with van der Waals surface area (Å²) in [7, 11) is 0. The van der Waals surface area contributed by atoms with Gasteiger partial charge in [-0.2, -0.15) is 0 Å². The van der Waals surface area contributed by atoms with Gasteiger partial charge in [-0.3, -0.25) is 4.79 Å². The summed E-state index contributed by atoms with van der Waals surface area (Å²) >= 11 is 3.43. The zero-order valence-corrected chi connectivity index (χ0v) is 11.9. The Morgan fingerprint density at radius 3 is 2.61 bits per heavy atom. The van der Waals surface area contributed by atoms with Crippen LogP contribution in [-0.4, -0.2) is 36.1 Å². The van der Waals surface area contributed by atoms with Crippen LogP contribution in [0.1, 0.15) is 28.8 Å². The van der Waals surface area contributed by atoms with Crippen LogP contribution in [0.2, 0.25) is 0 Å². The lowest BCUT2D eigenvalue weighted by atomic mass is 10.1. The van der Waals surface area contributed by atoms with Crippen molar-refractivity contribution in [1.82, 2.24) is 4.90 Å². The molecule has 2 unspecified atom stereocenters. The van der Waals surface area contributed by atoms with Crippen LogP contribution in [0.3, 0.4) is 0 Å². The smallest absolute Gasteiger partial charge is 0.254 e. The lowest BCUT2D eigenvalue weighted by Gasteiger charge is -2.35. The van der Waals surface area contributed by atoms with E-state index in [0.717, 1.165) is 28.4 Å². The molecule has 1 amide bonds. The molecule has 2 saturated heterocycles. The number of aryl methyl sites for hydroxylation is 1. The highest BCUT2D eigenvalue weighted by Gasteiger charge is 2.40. The van der Waals surface area contributed by atoms with E-state index in [2.05, 4.69) is 15.9 Å². The maximum Gasteiger partial charge on any atom is 0.254 e. The number of ether oxygens (including phenoxy) is 1. The molecule has 1 aromatic carbocycles. The number of rotatable bonds is 1. The first-order valence-corrected chi connectivity index (χ1v) is 7.12. The number of carbonyl (C=O) groups excluding carboxylic acids is 1. The number of hydrogen-bond donors (Lipinski definition) is 0. The summed E-state index contributed by atoms with van der Waals surface area (Å²) in [6, 6.07) is 6.40. The van der Waals surface area contributed by atoms with E-state index in [4.69, 9.17) is 4.74 Å². The van der Waals surface area contributed by atoms with Gasteiger partial charge in [0, 0.05) is 10.0 Å². The second-order valence-electron chi connectivity index (χ2n) is 5.09. The van der Waals surface area contributed by atoms with Crippen LogP contribution < -0.4 is 0 Å². The third kappa shape index (κ3) is 1.97. The van der Waals surface area contributed by atoms with E-state index in [1.165, 1.54) is 0 Å². The van der Waals surface area contributed by atoms with Crippen LogP contribution >= 0.6 is 15.9 Å². The number of amides is 1. The summed E-state index contributed by atoms with van der Waals surface area (Å²) in [4.78, 5) is 14.7. The number of benzene rings is 1. The maximum atomic E-state index is 12.6. The molecule has 2 aliphatic heterocycles. The van der Waals surface area contributed by atoms with E-state index in [1.807, 2.05) is 30.0 Å². The molecule has 0 N–H and O–H groups in total. The molecule has 2 bridgehead atoms. The Hall–Kier alpha value is -0.870. The SMILES string of the molecule is Cc1cc(Br)ccc1C(=O)N1C2CCC1COC2. The highest BCUT2D eigenvalue weighted by molar-refractivity contribution is 9.10. The van der Waals surface area contributed by atoms with Crippen molar-refractivity contribution in [1.29, 1.82) is 0 Å². The van der Waals surface area contributed by atoms with E-state index in [-0.39, 0.29) is 18.0 Å². The summed E-state index contributed by atoms with van der Waals surface area (Å²) in [5, 5.41) is 0. The quantitative estimate of drug-likeness (QED) is 0.798. The van der Waals surface area contributed by atoms with Gasteiger partial charge in [0.1, 0.15) is 0 Å². The van der Waals surface area contributed by atoms with E-state index >= 15 is 0 Å². The summed E-state index contributed by atoms with van der Waals surface area (Å²) in [5.74, 6) is 0.163. The Morgan fingerprint density at radius 1 is 1.33 bits per heavy atom. The fraction of sp³-hybridized carbons (Fsp3) is 0.500. The standard InChI is InChI=1S/C14H16BrNO2/c1-9-6-10(15)2-5-13(9)14(17)16-11-3-4-12(16)8-18-7-11/h2,5-6,11-12H,3-4,7-8H2,1H3. The van der Waals surface area contributed by atoms with Crippen molar-refractivity contribution < 1.29 is 9.53 Å². The van der Waals surface area contributed by atoms with Gasteiger partial charge in [-0.25, -0.2) is 0 Å². The molecule has 18 heavy (non-hydrogen) atoms. The molecule has 0 radical (unpaired) electrons. The van der Waals surface area contributed by atoms with Crippen molar-refractivity contribution >= 4 is 21.8 Å². The normalized spacial score (nSPS) is 26.4. The third-order valence-corrected chi connectivity index (χ3v) is 4.39. The topological polar surface area (TPSA) is 29.5 Å². The van der Waals surface area contributed by atoms with E-state index < -0.39 is 0 Å². The first-order chi connectivity index (χ1) is 8.66. The minimum absolute atomic E-state index is 0.163. The molecule has 2 aliphatic rings. The third-order valence-electron chi connectivity index (χ3n) is 3.89. The molecule has 0 aromatic heterocycles. The number of carbonyl (C=O) groups is 1. The second kappa shape index (κ2) is 4.67. The summed E-state index contributed by atoms with van der Waals surface area (Å²) in [6.45, 7) is 3.37. The number of hydrogen-bond acceptors (Lipinski definition) is 2. The van der Waals surface area contributed by atoms with Gasteiger partial charge in [0.2, 0.25) is 0 Å². The molecule has 96 valence electrons. The van der Waals surface area contributed by atoms with Gasteiger partial charge < -0.3 is 9.64 Å². The predicted octanol–water partition coefficient (Wildman–Crippen LogP) is 2.76. The lowest BCUT2D eigenvalue weighted by Crippen LogP contribution is -2.49. The van der Waals surface area contributed by atoms with Crippen molar-refractivity contribution in [2.75, 3.05) is 13.2 Å². The zero-order valence-electron chi connectivity index (χ0n) is 10.4. The summed E-state index contributed by atoms with van der Waals surface area (Å²) in [5.41, 5.74) is 1.84. The average molecular weight is 310 g/mol. The Morgan fingerprint density at radius 2 is 2.00 bits per heavy atom. The van der Waals surface area contributed by atoms with Crippen LogP contribution in [0.15, 0.2) is 22.7 Å². The Kier molecular flexibility index (Phi) is 3.16. The van der Waals surface area contributed by atoms with Gasteiger partial charge in [-0.05, 0) is 43.5 Å². The maximum absolute atomic E-state index is 12.6. The lowest BCUT2D eigenvalue weighted by molar-refractivity contribution is -0.00719. The Balaban J connectivity index is 1.90. The first kappa shape index (κ1) is 12.2. The number of fused-ring (bicyclic) bond motifs is 2. The highest BCUT2D eigenvalue weighted by atomic mass is 79.9. The molecule has 0 spiro atoms. The van der Waals surface area contributed by atoms with E-state index in [9.17, 15) is 4.79 Å². The number of halogens is 1. The summed E-state index contributed by atoms with van der Waals surface area (Å²) in [6.07, 6.45) is 2.15. The molecule has 0 saturated carbocycles. The molecule has 3 rings (SSSR count). The molecule has 2 atom stereocenters. The van der Waals surface area contributed by atoms with Crippen LogP contribution in [-0.2, 0) is 4.74 Å². The molecule has 0 aliphatic carbocycles. The van der Waals surface area contributed by atoms with Crippen LogP contribution in [0.4, 0.5) is 0 Å². The number of nitrogens with zero attached hydrogens (tertiary/aromatic N) is 1. The fourth-order valence-corrected chi connectivity index (χ4v) is 3.44. The molecule has 4 heteroatoms. The average Bonchev–Trinajstić information content (AvgIpc) is 2.58. The Bertz CT molecular complexity index is 473. The molecule has 2 fully saturated rings. The van der Waals surface area contributed by atoms with Gasteiger partial charge in [-0.1, -0.05) is 15.9 Å². The largest absolute Gasteiger partial charge is 0.377 e. The highest BCUT2D eigenvalue weighted by Crippen LogP contribution is 2.31. The first-order valence-electron chi connectivity index (χ1n) is 6.33. The van der Waals surface area contributed by atoms with Crippen molar-refractivity contribution in [3.63, 3.8) is 0 Å². The van der Waals surface area contributed by atoms with Crippen molar-refractivity contribution in [3.05, 3.63) is 33.8 Å². The second-order valence-corrected chi connectivity index (χ2v) is 6.01. The van der Waals surface area contributed by atoms with Crippen molar-refractivity contribution in [2.45, 2.75) is 31.8 Å². The molecular weight excluding hydrogens is 294 g/mol. The zero-order chi connectivity index (χ0) is 12.7. The van der Waals surface area contributed by atoms with Gasteiger partial charge in [0.05, 0.1) is 25.3 Å². The molecule has 2 heterocycles. The van der Waals surface area contributed by atoms with Crippen LogP contribution in [0.5, 0.6) is 0 Å². The van der Waals surface area contributed by atoms with Gasteiger partial charge in [-0.15, -0.1) is 0 Å². The van der Waals surface area contributed by atoms with Crippen LogP contribution in [0.25, 0.3) is 0 Å². The van der Waals surface area contributed by atoms with Gasteiger partial charge in [0.25, 0.3) is 5.91 Å². The Labute approximate surface area is 115 Å². The predicted molar refractivity (Wildman–Crippen MR) is 72.7 cm³/mol. The van der Waals surface area contributed by atoms with E-state index in [0.29, 0.717) is 13.2 Å². The molecule has 1 aromatic rings. The molecular formula is C14H16BrNO2. The van der Waals surface area contributed by atoms with Crippen molar-refractivity contribution in [3.8, 4) is 0 Å². The monoisotopic (exact) mass is 309 g/mol. The minimum atomic E-state index is 0.163. The molecule has 3 nitrogen and oxygen atoms in total. The van der Waals surface area contributed by atoms with E-state index in [1.54, 1.807) is 0 Å². The van der Waals surface area contributed by atoms with Gasteiger partial charge >= 0.3 is 0 Å². The minimum Gasteiger partial charge on any atom is -0.377 e. The fourth-order valence-electron chi connectivity index (χ4n) is 2.97. The summed E-state index contributed by atoms with van der Waals surface area (Å²) < 4.78 is 6.54. The van der Waals surface area contributed by atoms with Crippen molar-refractivity contribution in [2.24, 2.45) is 0 Å². The van der Waals surface area contributed by atoms with Crippen LogP contribution in [0, 0.1) is 6.92 Å². The van der Waals surface area contributed by atoms with Gasteiger partial charge in [0.15, 0.2) is 0 Å². The number of morpholine rings is 1.